The van der Waals surface area contributed by atoms with Crippen LogP contribution in [0.1, 0.15) is 31.2 Å². The number of carbonyl (C=O) groups is 1. The molecule has 1 atom stereocenters. The fourth-order valence-corrected chi connectivity index (χ4v) is 4.48. The van der Waals surface area contributed by atoms with Gasteiger partial charge in [-0.1, -0.05) is 6.07 Å². The second-order valence-electron chi connectivity index (χ2n) is 8.30. The minimum absolute atomic E-state index is 0.0213. The molecule has 162 valence electrons. The van der Waals surface area contributed by atoms with Crippen molar-refractivity contribution in [3.63, 3.8) is 0 Å². The summed E-state index contributed by atoms with van der Waals surface area (Å²) in [5, 5.41) is 12.5. The average Bonchev–Trinajstić information content (AvgIpc) is 3.50. The zero-order chi connectivity index (χ0) is 21.0. The number of aromatic nitrogens is 5. The highest BCUT2D eigenvalue weighted by Gasteiger charge is 2.31. The Bertz CT molecular complexity index is 1010. The lowest BCUT2D eigenvalue weighted by Gasteiger charge is -2.35. The molecule has 1 amide bonds. The molecule has 2 aliphatic rings. The van der Waals surface area contributed by atoms with E-state index in [0.29, 0.717) is 13.1 Å². The van der Waals surface area contributed by atoms with E-state index in [9.17, 15) is 4.79 Å². The highest BCUT2D eigenvalue weighted by molar-refractivity contribution is 5.79. The van der Waals surface area contributed by atoms with Crippen molar-refractivity contribution in [3.05, 3.63) is 48.5 Å². The third-order valence-electron chi connectivity index (χ3n) is 6.17. The van der Waals surface area contributed by atoms with Crippen LogP contribution < -0.4 is 4.90 Å². The van der Waals surface area contributed by atoms with Crippen molar-refractivity contribution in [2.24, 2.45) is 5.92 Å². The van der Waals surface area contributed by atoms with Crippen LogP contribution in [0.4, 0.5) is 5.82 Å². The van der Waals surface area contributed by atoms with Crippen LogP contribution in [-0.4, -0.2) is 67.9 Å². The van der Waals surface area contributed by atoms with E-state index in [1.54, 1.807) is 17.0 Å². The Morgan fingerprint density at radius 2 is 2.10 bits per heavy atom. The highest BCUT2D eigenvalue weighted by Crippen LogP contribution is 2.25. The second-order valence-corrected chi connectivity index (χ2v) is 8.30. The van der Waals surface area contributed by atoms with Crippen molar-refractivity contribution in [1.29, 1.82) is 0 Å². The van der Waals surface area contributed by atoms with Gasteiger partial charge in [0.25, 0.3) is 0 Å². The molecule has 0 spiro atoms. The monoisotopic (exact) mass is 421 g/mol. The number of amides is 1. The van der Waals surface area contributed by atoms with E-state index in [4.69, 9.17) is 4.74 Å². The molecule has 3 aromatic rings. The molecule has 0 aliphatic carbocycles. The number of hydrogen-bond acceptors (Lipinski definition) is 7. The lowest BCUT2D eigenvalue weighted by molar-refractivity contribution is -0.138. The van der Waals surface area contributed by atoms with Crippen LogP contribution in [0.3, 0.4) is 0 Å². The summed E-state index contributed by atoms with van der Waals surface area (Å²) in [5.41, 5.74) is 1.78. The molecule has 0 radical (unpaired) electrons. The van der Waals surface area contributed by atoms with Gasteiger partial charge in [0.2, 0.25) is 5.91 Å². The minimum Gasteiger partial charge on any atom is -0.376 e. The van der Waals surface area contributed by atoms with Gasteiger partial charge in [-0.3, -0.25) is 9.78 Å². The normalized spacial score (nSPS) is 19.7. The van der Waals surface area contributed by atoms with E-state index < -0.39 is 0 Å². The Labute approximate surface area is 181 Å². The molecule has 0 aromatic carbocycles. The van der Waals surface area contributed by atoms with Crippen molar-refractivity contribution in [1.82, 2.24) is 29.7 Å². The molecule has 5 rings (SSSR count). The molecule has 2 saturated heterocycles. The Kier molecular flexibility index (Phi) is 5.75. The fourth-order valence-electron chi connectivity index (χ4n) is 4.48. The van der Waals surface area contributed by atoms with Gasteiger partial charge in [-0.25, -0.2) is 0 Å². The van der Waals surface area contributed by atoms with Gasteiger partial charge < -0.3 is 14.5 Å². The summed E-state index contributed by atoms with van der Waals surface area (Å²) in [5.74, 6) is 1.14. The van der Waals surface area contributed by atoms with Crippen LogP contribution in [0.2, 0.25) is 0 Å². The highest BCUT2D eigenvalue weighted by atomic mass is 16.5. The minimum atomic E-state index is 0.0213. The summed E-state index contributed by atoms with van der Waals surface area (Å²) in [6, 6.07) is 7.84. The third kappa shape index (κ3) is 4.51. The van der Waals surface area contributed by atoms with Gasteiger partial charge in [-0.15, -0.1) is 15.3 Å². The lowest BCUT2D eigenvalue weighted by atomic mass is 9.94. The van der Waals surface area contributed by atoms with Crippen LogP contribution in [0.5, 0.6) is 0 Å². The first kappa shape index (κ1) is 19.9. The number of piperidine rings is 1. The molecule has 9 heteroatoms. The summed E-state index contributed by atoms with van der Waals surface area (Å²) >= 11 is 0. The van der Waals surface area contributed by atoms with E-state index >= 15 is 0 Å². The van der Waals surface area contributed by atoms with Crippen molar-refractivity contribution < 1.29 is 9.53 Å². The molecule has 1 unspecified atom stereocenters. The Morgan fingerprint density at radius 3 is 2.87 bits per heavy atom. The molecule has 3 aromatic heterocycles. The molecular weight excluding hydrogens is 394 g/mol. The van der Waals surface area contributed by atoms with E-state index in [2.05, 4.69) is 25.2 Å². The van der Waals surface area contributed by atoms with Crippen LogP contribution >= 0.6 is 0 Å². The van der Waals surface area contributed by atoms with Crippen molar-refractivity contribution in [2.75, 3.05) is 31.1 Å². The predicted octanol–water partition coefficient (Wildman–Crippen LogP) is 1.94. The van der Waals surface area contributed by atoms with Crippen molar-refractivity contribution in [3.8, 4) is 0 Å². The third-order valence-corrected chi connectivity index (χ3v) is 6.17. The number of carbonyl (C=O) groups excluding carboxylic acids is 1. The van der Waals surface area contributed by atoms with Gasteiger partial charge >= 0.3 is 0 Å². The van der Waals surface area contributed by atoms with Gasteiger partial charge in [0.05, 0.1) is 6.10 Å². The van der Waals surface area contributed by atoms with E-state index in [0.717, 1.165) is 62.4 Å². The molecule has 31 heavy (non-hydrogen) atoms. The van der Waals surface area contributed by atoms with Crippen LogP contribution in [0.25, 0.3) is 5.65 Å². The van der Waals surface area contributed by atoms with E-state index in [-0.39, 0.29) is 17.9 Å². The van der Waals surface area contributed by atoms with Gasteiger partial charge in [-0.2, -0.15) is 4.52 Å². The number of nitrogens with zero attached hydrogens (tertiary/aromatic N) is 7. The standard InChI is InChI=1S/C22H27N7O2/c30-22(28(15-19-4-2-12-31-19)14-17-3-1-9-23-13-17)18-7-10-27(11-8-18)21-6-5-20-25-24-16-29(20)26-21/h1,3,5-6,9,13,16,18-19H,2,4,7-8,10-12,14-15H2. The number of fused-ring (bicyclic) bond motifs is 1. The Hall–Kier alpha value is -3.07. The zero-order valence-electron chi connectivity index (χ0n) is 17.5. The second kappa shape index (κ2) is 8.97. The largest absolute Gasteiger partial charge is 0.376 e. The van der Waals surface area contributed by atoms with Crippen molar-refractivity contribution in [2.45, 2.75) is 38.3 Å². The van der Waals surface area contributed by atoms with Gasteiger partial charge in [0, 0.05) is 51.1 Å². The molecular formula is C22H27N7O2. The van der Waals surface area contributed by atoms with Crippen LogP contribution in [0.15, 0.2) is 43.0 Å². The molecule has 2 fully saturated rings. The maximum Gasteiger partial charge on any atom is 0.226 e. The maximum absolute atomic E-state index is 13.5. The number of anilines is 1. The summed E-state index contributed by atoms with van der Waals surface area (Å²) in [6.45, 7) is 3.63. The number of ether oxygens (including phenoxy) is 1. The Balaban J connectivity index is 1.24. The van der Waals surface area contributed by atoms with Crippen LogP contribution in [0, 0.1) is 5.92 Å². The predicted molar refractivity (Wildman–Crippen MR) is 114 cm³/mol. The quantitative estimate of drug-likeness (QED) is 0.601. The first-order valence-electron chi connectivity index (χ1n) is 11.0. The van der Waals surface area contributed by atoms with E-state index in [1.807, 2.05) is 35.4 Å². The summed E-state index contributed by atoms with van der Waals surface area (Å²) in [4.78, 5) is 21.9. The summed E-state index contributed by atoms with van der Waals surface area (Å²) in [7, 11) is 0. The SMILES string of the molecule is O=C(C1CCN(c2ccc3nncn3n2)CC1)N(Cc1cccnc1)CC1CCCO1. The first-order chi connectivity index (χ1) is 15.3. The Morgan fingerprint density at radius 1 is 1.19 bits per heavy atom. The fraction of sp³-hybridized carbons (Fsp3) is 0.500. The van der Waals surface area contributed by atoms with Crippen LogP contribution in [-0.2, 0) is 16.1 Å². The van der Waals surface area contributed by atoms with E-state index in [1.165, 1.54) is 0 Å². The molecule has 2 aliphatic heterocycles. The van der Waals surface area contributed by atoms with Crippen molar-refractivity contribution >= 4 is 17.4 Å². The van der Waals surface area contributed by atoms with Gasteiger partial charge in [0.15, 0.2) is 5.65 Å². The zero-order valence-corrected chi connectivity index (χ0v) is 17.5. The number of pyridine rings is 1. The smallest absolute Gasteiger partial charge is 0.226 e. The molecule has 9 nitrogen and oxygen atoms in total. The molecule has 0 N–H and O–H groups in total. The number of hydrogen-bond donors (Lipinski definition) is 0. The number of rotatable bonds is 6. The molecule has 5 heterocycles. The van der Waals surface area contributed by atoms with Gasteiger partial charge in [-0.05, 0) is 49.4 Å². The average molecular weight is 422 g/mol. The topological polar surface area (TPSA) is 88.8 Å². The lowest BCUT2D eigenvalue weighted by Crippen LogP contribution is -2.45. The molecule has 0 bridgehead atoms. The van der Waals surface area contributed by atoms with Gasteiger partial charge in [0.1, 0.15) is 12.1 Å². The first-order valence-corrected chi connectivity index (χ1v) is 11.0. The molecule has 0 saturated carbocycles. The summed E-state index contributed by atoms with van der Waals surface area (Å²) < 4.78 is 7.51. The summed E-state index contributed by atoms with van der Waals surface area (Å²) in [6.07, 6.45) is 9.07. The maximum atomic E-state index is 13.5.